The number of likely N-dealkylation sites (N-methyl/N-ethyl adjacent to an activating group) is 1. The molecule has 6 nitrogen and oxygen atoms in total. The van der Waals surface area contributed by atoms with E-state index in [4.69, 9.17) is 4.74 Å². The van der Waals surface area contributed by atoms with Crippen LogP contribution >= 0.6 is 0 Å². The average Bonchev–Trinajstić information content (AvgIpc) is 2.69. The van der Waals surface area contributed by atoms with Gasteiger partial charge in [-0.2, -0.15) is 0 Å². The highest BCUT2D eigenvalue weighted by atomic mass is 16.5. The molecule has 0 aromatic heterocycles. The van der Waals surface area contributed by atoms with Gasteiger partial charge >= 0.3 is 0 Å². The number of hydrogen-bond acceptors (Lipinski definition) is 4. The SMILES string of the molecule is CCOc1ccc(C(=O)Nc2cccc(C(=O)N3CCN(C)CC3)c2)cc1. The highest BCUT2D eigenvalue weighted by molar-refractivity contribution is 6.05. The van der Waals surface area contributed by atoms with Crippen LogP contribution in [-0.4, -0.2) is 61.4 Å². The Hall–Kier alpha value is -2.86. The molecule has 1 fully saturated rings. The van der Waals surface area contributed by atoms with Crippen LogP contribution < -0.4 is 10.1 Å². The molecular weight excluding hydrogens is 342 g/mol. The van der Waals surface area contributed by atoms with Crippen molar-refractivity contribution < 1.29 is 14.3 Å². The van der Waals surface area contributed by atoms with Crippen LogP contribution in [0, 0.1) is 0 Å². The van der Waals surface area contributed by atoms with Gasteiger partial charge in [-0.05, 0) is 56.4 Å². The Labute approximate surface area is 159 Å². The lowest BCUT2D eigenvalue weighted by Gasteiger charge is -2.32. The van der Waals surface area contributed by atoms with Gasteiger partial charge in [0.05, 0.1) is 6.61 Å². The standard InChI is InChI=1S/C21H25N3O3/c1-3-27-19-9-7-16(8-10-19)20(25)22-18-6-4-5-17(15-18)21(26)24-13-11-23(2)12-14-24/h4-10,15H,3,11-14H2,1-2H3,(H,22,25). The third-order valence-corrected chi connectivity index (χ3v) is 4.59. The van der Waals surface area contributed by atoms with Crippen molar-refractivity contribution >= 4 is 17.5 Å². The zero-order valence-corrected chi connectivity index (χ0v) is 15.8. The average molecular weight is 367 g/mol. The monoisotopic (exact) mass is 367 g/mol. The number of hydrogen-bond donors (Lipinski definition) is 1. The van der Waals surface area contributed by atoms with Crippen LogP contribution in [0.4, 0.5) is 5.69 Å². The Morgan fingerprint density at radius 1 is 1.00 bits per heavy atom. The second kappa shape index (κ2) is 8.68. The van der Waals surface area contributed by atoms with Gasteiger partial charge in [0.2, 0.25) is 0 Å². The molecule has 2 amide bonds. The summed E-state index contributed by atoms with van der Waals surface area (Å²) in [5.74, 6) is 0.510. The van der Waals surface area contributed by atoms with Crippen LogP contribution in [0.25, 0.3) is 0 Å². The maximum absolute atomic E-state index is 12.7. The number of carbonyl (C=O) groups excluding carboxylic acids is 2. The van der Waals surface area contributed by atoms with Crippen LogP contribution in [0.3, 0.4) is 0 Å². The third kappa shape index (κ3) is 4.86. The molecule has 27 heavy (non-hydrogen) atoms. The van der Waals surface area contributed by atoms with Gasteiger partial charge < -0.3 is 19.9 Å². The lowest BCUT2D eigenvalue weighted by Crippen LogP contribution is -2.47. The topological polar surface area (TPSA) is 61.9 Å². The smallest absolute Gasteiger partial charge is 0.255 e. The molecule has 142 valence electrons. The first-order valence-corrected chi connectivity index (χ1v) is 9.19. The van der Waals surface area contributed by atoms with Crippen LogP contribution in [0.1, 0.15) is 27.6 Å². The number of nitrogens with zero attached hydrogens (tertiary/aromatic N) is 2. The second-order valence-electron chi connectivity index (χ2n) is 6.59. The number of rotatable bonds is 5. The normalized spacial score (nSPS) is 14.7. The number of benzene rings is 2. The highest BCUT2D eigenvalue weighted by Gasteiger charge is 2.20. The van der Waals surface area contributed by atoms with E-state index in [1.165, 1.54) is 0 Å². The fourth-order valence-electron chi connectivity index (χ4n) is 2.99. The molecule has 0 spiro atoms. The summed E-state index contributed by atoms with van der Waals surface area (Å²) in [6, 6.07) is 14.1. The molecule has 3 rings (SSSR count). The first kappa shape index (κ1) is 18.9. The number of carbonyl (C=O) groups is 2. The van der Waals surface area contributed by atoms with E-state index in [2.05, 4.69) is 17.3 Å². The van der Waals surface area contributed by atoms with E-state index in [0.717, 1.165) is 31.9 Å². The molecule has 1 saturated heterocycles. The Kier molecular flexibility index (Phi) is 6.08. The minimum atomic E-state index is -0.220. The fourth-order valence-corrected chi connectivity index (χ4v) is 2.99. The Bertz CT molecular complexity index is 797. The second-order valence-corrected chi connectivity index (χ2v) is 6.59. The van der Waals surface area contributed by atoms with E-state index in [-0.39, 0.29) is 11.8 Å². The zero-order chi connectivity index (χ0) is 19.2. The van der Waals surface area contributed by atoms with Gasteiger partial charge in [-0.25, -0.2) is 0 Å². The van der Waals surface area contributed by atoms with Gasteiger partial charge in [0.1, 0.15) is 5.75 Å². The van der Waals surface area contributed by atoms with E-state index < -0.39 is 0 Å². The van der Waals surface area contributed by atoms with Crippen LogP contribution in [0.15, 0.2) is 48.5 Å². The number of piperazine rings is 1. The predicted octanol–water partition coefficient (Wildman–Crippen LogP) is 2.73. The van der Waals surface area contributed by atoms with E-state index in [9.17, 15) is 9.59 Å². The number of anilines is 1. The molecule has 6 heteroatoms. The van der Waals surface area contributed by atoms with Gasteiger partial charge in [0.25, 0.3) is 11.8 Å². The van der Waals surface area contributed by atoms with Gasteiger partial charge in [-0.15, -0.1) is 0 Å². The van der Waals surface area contributed by atoms with Crippen molar-refractivity contribution in [1.29, 1.82) is 0 Å². The minimum Gasteiger partial charge on any atom is -0.494 e. The summed E-state index contributed by atoms with van der Waals surface area (Å²) < 4.78 is 5.39. The summed E-state index contributed by atoms with van der Waals surface area (Å²) in [6.07, 6.45) is 0. The van der Waals surface area contributed by atoms with E-state index >= 15 is 0 Å². The molecule has 1 heterocycles. The molecule has 0 aliphatic carbocycles. The van der Waals surface area contributed by atoms with Crippen molar-refractivity contribution in [3.8, 4) is 5.75 Å². The van der Waals surface area contributed by atoms with Crippen molar-refractivity contribution in [2.45, 2.75) is 6.92 Å². The van der Waals surface area contributed by atoms with Crippen molar-refractivity contribution in [3.63, 3.8) is 0 Å². The Balaban J connectivity index is 1.66. The molecule has 0 atom stereocenters. The molecule has 2 aromatic rings. The first-order valence-electron chi connectivity index (χ1n) is 9.19. The number of ether oxygens (including phenoxy) is 1. The molecule has 0 unspecified atom stereocenters. The van der Waals surface area contributed by atoms with Crippen molar-refractivity contribution in [2.24, 2.45) is 0 Å². The van der Waals surface area contributed by atoms with Crippen LogP contribution in [0.5, 0.6) is 5.75 Å². The summed E-state index contributed by atoms with van der Waals surface area (Å²) in [5.41, 5.74) is 1.73. The van der Waals surface area contributed by atoms with Gasteiger partial charge in [0, 0.05) is 43.0 Å². The number of nitrogens with one attached hydrogen (secondary N) is 1. The van der Waals surface area contributed by atoms with E-state index in [0.29, 0.717) is 23.4 Å². The quantitative estimate of drug-likeness (QED) is 0.883. The molecule has 1 N–H and O–H groups in total. The van der Waals surface area contributed by atoms with Crippen molar-refractivity contribution in [3.05, 3.63) is 59.7 Å². The van der Waals surface area contributed by atoms with Gasteiger partial charge in [0.15, 0.2) is 0 Å². The van der Waals surface area contributed by atoms with E-state index in [1.54, 1.807) is 48.5 Å². The largest absolute Gasteiger partial charge is 0.494 e. The fraction of sp³-hybridized carbons (Fsp3) is 0.333. The van der Waals surface area contributed by atoms with Crippen LogP contribution in [-0.2, 0) is 0 Å². The highest BCUT2D eigenvalue weighted by Crippen LogP contribution is 2.17. The molecule has 0 bridgehead atoms. The van der Waals surface area contributed by atoms with E-state index in [1.807, 2.05) is 11.8 Å². The maximum Gasteiger partial charge on any atom is 0.255 e. The zero-order valence-electron chi connectivity index (χ0n) is 15.8. The van der Waals surface area contributed by atoms with Crippen molar-refractivity contribution in [2.75, 3.05) is 45.2 Å². The summed E-state index contributed by atoms with van der Waals surface area (Å²) in [6.45, 7) is 5.69. The van der Waals surface area contributed by atoms with Crippen LogP contribution in [0.2, 0.25) is 0 Å². The first-order chi connectivity index (χ1) is 13.1. The van der Waals surface area contributed by atoms with Crippen molar-refractivity contribution in [1.82, 2.24) is 9.80 Å². The predicted molar refractivity (Wildman–Crippen MR) is 105 cm³/mol. The lowest BCUT2D eigenvalue weighted by molar-refractivity contribution is 0.0664. The molecule has 0 radical (unpaired) electrons. The minimum absolute atomic E-state index is 0.000247. The van der Waals surface area contributed by atoms with Gasteiger partial charge in [-0.3, -0.25) is 9.59 Å². The summed E-state index contributed by atoms with van der Waals surface area (Å²) in [5, 5.41) is 2.86. The maximum atomic E-state index is 12.7. The molecule has 2 aromatic carbocycles. The van der Waals surface area contributed by atoms with Gasteiger partial charge in [-0.1, -0.05) is 6.07 Å². The Morgan fingerprint density at radius 2 is 1.70 bits per heavy atom. The molecule has 0 saturated carbocycles. The summed E-state index contributed by atoms with van der Waals surface area (Å²) in [4.78, 5) is 29.2. The lowest BCUT2D eigenvalue weighted by atomic mass is 10.1. The summed E-state index contributed by atoms with van der Waals surface area (Å²) in [7, 11) is 2.05. The third-order valence-electron chi connectivity index (χ3n) is 4.59. The molecule has 1 aliphatic heterocycles. The number of amides is 2. The molecular formula is C21H25N3O3. The molecule has 1 aliphatic rings. The summed E-state index contributed by atoms with van der Waals surface area (Å²) >= 11 is 0. The Morgan fingerprint density at radius 3 is 2.37 bits per heavy atom.